The first-order valence-corrected chi connectivity index (χ1v) is 6.15. The van der Waals surface area contributed by atoms with E-state index in [9.17, 15) is 4.79 Å². The van der Waals surface area contributed by atoms with Gasteiger partial charge in [0.1, 0.15) is 4.60 Å². The van der Waals surface area contributed by atoms with Gasteiger partial charge in [-0.05, 0) is 41.4 Å². The molecule has 0 saturated carbocycles. The Morgan fingerprint density at radius 3 is 2.71 bits per heavy atom. The lowest BCUT2D eigenvalue weighted by molar-refractivity contribution is 0.282. The van der Waals surface area contributed by atoms with Crippen LogP contribution in [-0.2, 0) is 6.61 Å². The van der Waals surface area contributed by atoms with Gasteiger partial charge in [-0.15, -0.1) is 0 Å². The number of aromatic nitrogens is 2. The molecule has 4 nitrogen and oxygen atoms in total. The van der Waals surface area contributed by atoms with Crippen LogP contribution < -0.4 is 5.56 Å². The Kier molecular flexibility index (Phi) is 3.31. The number of rotatable bonds is 2. The van der Waals surface area contributed by atoms with Crippen molar-refractivity contribution in [2.45, 2.75) is 26.5 Å². The van der Waals surface area contributed by atoms with E-state index in [1.807, 2.05) is 13.8 Å². The second kappa shape index (κ2) is 4.58. The maximum Gasteiger partial charge on any atom is 0.274 e. The van der Waals surface area contributed by atoms with Crippen molar-refractivity contribution in [3.8, 4) is 0 Å². The molecule has 1 heterocycles. The number of benzene rings is 1. The van der Waals surface area contributed by atoms with E-state index >= 15 is 0 Å². The van der Waals surface area contributed by atoms with Crippen molar-refractivity contribution in [2.24, 2.45) is 0 Å². The van der Waals surface area contributed by atoms with E-state index in [4.69, 9.17) is 5.11 Å². The first-order valence-electron chi connectivity index (χ1n) is 5.36. The minimum absolute atomic E-state index is 0.000910. The molecule has 2 rings (SSSR count). The van der Waals surface area contributed by atoms with Gasteiger partial charge in [0.15, 0.2) is 0 Å². The molecular weight excluding hydrogens is 284 g/mol. The van der Waals surface area contributed by atoms with Crippen molar-refractivity contribution in [2.75, 3.05) is 0 Å². The maximum atomic E-state index is 12.2. The molecule has 0 aliphatic rings. The van der Waals surface area contributed by atoms with Gasteiger partial charge >= 0.3 is 0 Å². The van der Waals surface area contributed by atoms with Crippen LogP contribution in [0.4, 0.5) is 0 Å². The molecule has 0 atom stereocenters. The van der Waals surface area contributed by atoms with Crippen LogP contribution in [0, 0.1) is 0 Å². The fraction of sp³-hybridized carbons (Fsp3) is 0.333. The third kappa shape index (κ3) is 2.12. The molecule has 0 aliphatic heterocycles. The van der Waals surface area contributed by atoms with E-state index in [0.717, 1.165) is 10.9 Å². The highest BCUT2D eigenvalue weighted by Crippen LogP contribution is 2.20. The van der Waals surface area contributed by atoms with Crippen LogP contribution in [0.2, 0.25) is 0 Å². The van der Waals surface area contributed by atoms with E-state index in [1.54, 1.807) is 18.2 Å². The molecule has 1 aromatic heterocycles. The zero-order valence-corrected chi connectivity index (χ0v) is 11.2. The van der Waals surface area contributed by atoms with E-state index in [-0.39, 0.29) is 18.2 Å². The number of halogens is 1. The smallest absolute Gasteiger partial charge is 0.274 e. The molecule has 0 bridgehead atoms. The summed E-state index contributed by atoms with van der Waals surface area (Å²) >= 11 is 3.36. The van der Waals surface area contributed by atoms with Crippen molar-refractivity contribution in [3.63, 3.8) is 0 Å². The molecule has 0 fully saturated rings. The summed E-state index contributed by atoms with van der Waals surface area (Å²) in [4.78, 5) is 12.2. The third-order valence-electron chi connectivity index (χ3n) is 2.61. The fourth-order valence-electron chi connectivity index (χ4n) is 1.71. The first-order chi connectivity index (χ1) is 8.04. The molecule has 1 aromatic carbocycles. The highest BCUT2D eigenvalue weighted by atomic mass is 79.9. The lowest BCUT2D eigenvalue weighted by Crippen LogP contribution is -2.25. The van der Waals surface area contributed by atoms with Gasteiger partial charge in [0.05, 0.1) is 18.0 Å². The molecule has 0 amide bonds. The summed E-state index contributed by atoms with van der Waals surface area (Å²) in [5.41, 5.74) is 0.594. The number of hydrogen-bond acceptors (Lipinski definition) is 3. The zero-order valence-electron chi connectivity index (χ0n) is 9.64. The van der Waals surface area contributed by atoms with Crippen molar-refractivity contribution >= 4 is 26.7 Å². The van der Waals surface area contributed by atoms with Crippen LogP contribution in [0.3, 0.4) is 0 Å². The van der Waals surface area contributed by atoms with Gasteiger partial charge < -0.3 is 5.11 Å². The topological polar surface area (TPSA) is 55.1 Å². The number of hydrogen-bond donors (Lipinski definition) is 1. The molecule has 17 heavy (non-hydrogen) atoms. The Morgan fingerprint density at radius 1 is 1.41 bits per heavy atom. The normalized spacial score (nSPS) is 11.4. The lowest BCUT2D eigenvalue weighted by Gasteiger charge is -2.11. The monoisotopic (exact) mass is 296 g/mol. The van der Waals surface area contributed by atoms with Crippen LogP contribution in [0.5, 0.6) is 0 Å². The SMILES string of the molecule is CC(C)n1nc(Br)c2ccc(CO)cc2c1=O. The Balaban J connectivity index is 2.85. The Labute approximate surface area is 107 Å². The van der Waals surface area contributed by atoms with Crippen LogP contribution in [0.1, 0.15) is 25.5 Å². The first kappa shape index (κ1) is 12.3. The van der Waals surface area contributed by atoms with Gasteiger partial charge in [-0.25, -0.2) is 4.68 Å². The molecule has 0 spiro atoms. The minimum atomic E-state index is -0.131. The predicted octanol–water partition coefficient (Wildman–Crippen LogP) is 2.23. The lowest BCUT2D eigenvalue weighted by atomic mass is 10.1. The third-order valence-corrected chi connectivity index (χ3v) is 3.20. The predicted molar refractivity (Wildman–Crippen MR) is 70.0 cm³/mol. The van der Waals surface area contributed by atoms with E-state index in [0.29, 0.717) is 9.99 Å². The molecular formula is C12H13BrN2O2. The van der Waals surface area contributed by atoms with Crippen LogP contribution in [0.25, 0.3) is 10.8 Å². The zero-order chi connectivity index (χ0) is 12.6. The van der Waals surface area contributed by atoms with E-state index in [2.05, 4.69) is 21.0 Å². The van der Waals surface area contributed by atoms with Gasteiger partial charge in [-0.3, -0.25) is 4.79 Å². The van der Waals surface area contributed by atoms with Gasteiger partial charge in [0.2, 0.25) is 0 Å². The molecule has 0 unspecified atom stereocenters. The van der Waals surface area contributed by atoms with Gasteiger partial charge in [-0.1, -0.05) is 12.1 Å². The van der Waals surface area contributed by atoms with Crippen LogP contribution in [-0.4, -0.2) is 14.9 Å². The molecule has 90 valence electrons. The number of fused-ring (bicyclic) bond motifs is 1. The van der Waals surface area contributed by atoms with Gasteiger partial charge in [0.25, 0.3) is 5.56 Å². The van der Waals surface area contributed by atoms with Crippen molar-refractivity contribution in [3.05, 3.63) is 38.7 Å². The standard InChI is InChI=1S/C12H13BrN2O2/c1-7(2)15-12(17)10-5-8(6-16)3-4-9(10)11(13)14-15/h3-5,7,16H,6H2,1-2H3. The quantitative estimate of drug-likeness (QED) is 0.925. The van der Waals surface area contributed by atoms with Crippen LogP contribution in [0.15, 0.2) is 27.6 Å². The number of nitrogens with zero attached hydrogens (tertiary/aromatic N) is 2. The average molecular weight is 297 g/mol. The van der Waals surface area contributed by atoms with Crippen LogP contribution >= 0.6 is 15.9 Å². The summed E-state index contributed by atoms with van der Waals surface area (Å²) < 4.78 is 2.08. The molecule has 5 heteroatoms. The fourth-order valence-corrected chi connectivity index (χ4v) is 2.23. The second-order valence-corrected chi connectivity index (χ2v) is 4.92. The van der Waals surface area contributed by atoms with E-state index < -0.39 is 0 Å². The highest BCUT2D eigenvalue weighted by molar-refractivity contribution is 9.10. The Bertz CT molecular complexity index is 620. The van der Waals surface area contributed by atoms with Crippen molar-refractivity contribution in [1.82, 2.24) is 9.78 Å². The van der Waals surface area contributed by atoms with E-state index in [1.165, 1.54) is 4.68 Å². The minimum Gasteiger partial charge on any atom is -0.392 e. The van der Waals surface area contributed by atoms with Gasteiger partial charge in [-0.2, -0.15) is 5.10 Å². The second-order valence-electron chi connectivity index (χ2n) is 4.17. The summed E-state index contributed by atoms with van der Waals surface area (Å²) in [6, 6.07) is 5.29. The molecule has 0 aliphatic carbocycles. The van der Waals surface area contributed by atoms with Crippen molar-refractivity contribution in [1.29, 1.82) is 0 Å². The largest absolute Gasteiger partial charge is 0.392 e. The number of aliphatic hydroxyl groups is 1. The average Bonchev–Trinajstić information content (AvgIpc) is 2.32. The highest BCUT2D eigenvalue weighted by Gasteiger charge is 2.11. The Morgan fingerprint density at radius 2 is 2.12 bits per heavy atom. The van der Waals surface area contributed by atoms with Gasteiger partial charge in [0, 0.05) is 5.39 Å². The summed E-state index contributed by atoms with van der Waals surface area (Å²) in [6.45, 7) is 3.74. The van der Waals surface area contributed by atoms with Crippen molar-refractivity contribution < 1.29 is 5.11 Å². The summed E-state index contributed by atoms with van der Waals surface area (Å²) in [6.07, 6.45) is 0. The summed E-state index contributed by atoms with van der Waals surface area (Å²) in [5.74, 6) is 0. The number of aliphatic hydroxyl groups excluding tert-OH is 1. The maximum absolute atomic E-state index is 12.2. The summed E-state index contributed by atoms with van der Waals surface area (Å²) in [5, 5.41) is 14.7. The molecule has 2 aromatic rings. The molecule has 0 saturated heterocycles. The molecule has 1 N–H and O–H groups in total. The molecule has 0 radical (unpaired) electrons. The Hall–Kier alpha value is -1.20. The summed E-state index contributed by atoms with van der Waals surface area (Å²) in [7, 11) is 0.